The van der Waals surface area contributed by atoms with E-state index in [9.17, 15) is 0 Å². The Morgan fingerprint density at radius 3 is 2.27 bits per heavy atom. The molecular weight excluding hydrogens is 134 g/mol. The Labute approximate surface area is 70.6 Å². The van der Waals surface area contributed by atoms with Crippen molar-refractivity contribution in [2.75, 3.05) is 6.54 Å². The van der Waals surface area contributed by atoms with Crippen LogP contribution in [0.4, 0.5) is 0 Å². The largest absolute Gasteiger partial charge is 0.314 e. The molecule has 11 heavy (non-hydrogen) atoms. The molecular formula is C10H21N. The van der Waals surface area contributed by atoms with Crippen molar-refractivity contribution in [1.29, 1.82) is 0 Å². The molecule has 0 bridgehead atoms. The van der Waals surface area contributed by atoms with Crippen molar-refractivity contribution in [3.63, 3.8) is 0 Å². The molecule has 0 saturated heterocycles. The first kappa shape index (κ1) is 9.05. The van der Waals surface area contributed by atoms with Crippen LogP contribution in [0.1, 0.15) is 40.5 Å². The highest BCUT2D eigenvalue weighted by Crippen LogP contribution is 2.29. The van der Waals surface area contributed by atoms with Gasteiger partial charge in [0.1, 0.15) is 0 Å². The number of nitrogens with one attached hydrogen (secondary N) is 1. The highest BCUT2D eigenvalue weighted by Gasteiger charge is 2.31. The molecule has 1 rings (SSSR count). The molecule has 0 aromatic carbocycles. The molecule has 1 nitrogen and oxygen atoms in total. The molecule has 0 aliphatic heterocycles. The Morgan fingerprint density at radius 2 is 1.91 bits per heavy atom. The van der Waals surface area contributed by atoms with Gasteiger partial charge in [-0.05, 0) is 30.7 Å². The summed E-state index contributed by atoms with van der Waals surface area (Å²) in [5.41, 5.74) is 0.491. The molecule has 0 heterocycles. The first-order valence-corrected chi connectivity index (χ1v) is 4.72. The lowest BCUT2D eigenvalue weighted by molar-refractivity contribution is 0.365. The Balaban J connectivity index is 1.97. The molecule has 0 radical (unpaired) electrons. The van der Waals surface area contributed by atoms with Gasteiger partial charge in [0, 0.05) is 6.04 Å². The number of hydrogen-bond acceptors (Lipinski definition) is 1. The monoisotopic (exact) mass is 155 g/mol. The second-order valence-electron chi connectivity index (χ2n) is 5.08. The topological polar surface area (TPSA) is 12.0 Å². The van der Waals surface area contributed by atoms with Crippen LogP contribution in [0.2, 0.25) is 0 Å². The molecule has 1 aliphatic rings. The van der Waals surface area contributed by atoms with Crippen molar-refractivity contribution in [2.45, 2.75) is 46.6 Å². The van der Waals surface area contributed by atoms with Gasteiger partial charge in [-0.15, -0.1) is 0 Å². The van der Waals surface area contributed by atoms with Crippen molar-refractivity contribution < 1.29 is 0 Å². The van der Waals surface area contributed by atoms with Crippen molar-refractivity contribution in [2.24, 2.45) is 11.3 Å². The quantitative estimate of drug-likeness (QED) is 0.660. The summed E-state index contributed by atoms with van der Waals surface area (Å²) in [6, 6.07) is 0.845. The minimum atomic E-state index is 0.491. The predicted molar refractivity (Wildman–Crippen MR) is 49.6 cm³/mol. The average molecular weight is 155 g/mol. The summed E-state index contributed by atoms with van der Waals surface area (Å²) in [4.78, 5) is 0. The van der Waals surface area contributed by atoms with E-state index in [2.05, 4.69) is 33.0 Å². The van der Waals surface area contributed by atoms with Crippen molar-refractivity contribution in [3.8, 4) is 0 Å². The molecule has 0 aromatic heterocycles. The maximum absolute atomic E-state index is 3.56. The van der Waals surface area contributed by atoms with E-state index in [1.807, 2.05) is 0 Å². The van der Waals surface area contributed by atoms with Crippen LogP contribution in [0.3, 0.4) is 0 Å². The lowest BCUT2D eigenvalue weighted by Crippen LogP contribution is -2.23. The second kappa shape index (κ2) is 3.14. The number of hydrogen-bond donors (Lipinski definition) is 1. The van der Waals surface area contributed by atoms with E-state index in [1.165, 1.54) is 19.4 Å². The minimum absolute atomic E-state index is 0.491. The van der Waals surface area contributed by atoms with Gasteiger partial charge in [-0.1, -0.05) is 27.7 Å². The SMILES string of the molecule is CC1CC1NCCC(C)(C)C. The molecule has 0 aromatic rings. The van der Waals surface area contributed by atoms with Crippen LogP contribution in [0.5, 0.6) is 0 Å². The Hall–Kier alpha value is -0.0400. The molecule has 1 saturated carbocycles. The first-order valence-electron chi connectivity index (χ1n) is 4.72. The van der Waals surface area contributed by atoms with E-state index < -0.39 is 0 Å². The van der Waals surface area contributed by atoms with E-state index in [4.69, 9.17) is 0 Å². The summed E-state index contributed by atoms with van der Waals surface area (Å²) in [6.07, 6.45) is 2.68. The molecule has 0 amide bonds. The normalized spacial score (nSPS) is 30.5. The summed E-state index contributed by atoms with van der Waals surface area (Å²) in [7, 11) is 0. The zero-order valence-electron chi connectivity index (χ0n) is 8.28. The van der Waals surface area contributed by atoms with Crippen molar-refractivity contribution in [1.82, 2.24) is 5.32 Å². The van der Waals surface area contributed by atoms with Gasteiger partial charge in [0.05, 0.1) is 0 Å². The summed E-state index contributed by atoms with van der Waals surface area (Å²) in [6.45, 7) is 10.4. The van der Waals surface area contributed by atoms with Crippen LogP contribution in [-0.4, -0.2) is 12.6 Å². The van der Waals surface area contributed by atoms with Gasteiger partial charge in [-0.3, -0.25) is 0 Å². The zero-order chi connectivity index (χ0) is 8.48. The van der Waals surface area contributed by atoms with E-state index >= 15 is 0 Å². The van der Waals surface area contributed by atoms with Crippen molar-refractivity contribution in [3.05, 3.63) is 0 Å². The summed E-state index contributed by atoms with van der Waals surface area (Å²) in [5.74, 6) is 0.940. The van der Waals surface area contributed by atoms with Gasteiger partial charge in [-0.25, -0.2) is 0 Å². The zero-order valence-corrected chi connectivity index (χ0v) is 8.28. The maximum Gasteiger partial charge on any atom is 0.00963 e. The van der Waals surface area contributed by atoms with Crippen LogP contribution in [0, 0.1) is 11.3 Å². The second-order valence-corrected chi connectivity index (χ2v) is 5.08. The third-order valence-electron chi connectivity index (χ3n) is 2.39. The molecule has 2 unspecified atom stereocenters. The van der Waals surface area contributed by atoms with Crippen LogP contribution in [0.25, 0.3) is 0 Å². The molecule has 2 atom stereocenters. The van der Waals surface area contributed by atoms with Gasteiger partial charge >= 0.3 is 0 Å². The highest BCUT2D eigenvalue weighted by molar-refractivity contribution is 4.89. The molecule has 66 valence electrons. The molecule has 1 aliphatic carbocycles. The van der Waals surface area contributed by atoms with Gasteiger partial charge in [-0.2, -0.15) is 0 Å². The highest BCUT2D eigenvalue weighted by atomic mass is 15.0. The van der Waals surface area contributed by atoms with E-state index in [0.29, 0.717) is 5.41 Å². The third-order valence-corrected chi connectivity index (χ3v) is 2.39. The fraction of sp³-hybridized carbons (Fsp3) is 1.00. The number of rotatable bonds is 3. The lowest BCUT2D eigenvalue weighted by atomic mass is 9.92. The van der Waals surface area contributed by atoms with Crippen LogP contribution in [-0.2, 0) is 0 Å². The molecule has 0 spiro atoms. The van der Waals surface area contributed by atoms with E-state index in [-0.39, 0.29) is 0 Å². The molecule has 1 N–H and O–H groups in total. The Morgan fingerprint density at radius 1 is 1.36 bits per heavy atom. The van der Waals surface area contributed by atoms with Crippen LogP contribution >= 0.6 is 0 Å². The molecule has 1 fully saturated rings. The average Bonchev–Trinajstić information content (AvgIpc) is 2.43. The van der Waals surface area contributed by atoms with Crippen molar-refractivity contribution >= 4 is 0 Å². The fourth-order valence-corrected chi connectivity index (χ4v) is 1.24. The smallest absolute Gasteiger partial charge is 0.00963 e. The maximum atomic E-state index is 3.56. The fourth-order valence-electron chi connectivity index (χ4n) is 1.24. The van der Waals surface area contributed by atoms with Crippen LogP contribution < -0.4 is 5.32 Å². The lowest BCUT2D eigenvalue weighted by Gasteiger charge is -2.17. The Bertz CT molecular complexity index is 123. The molecule has 1 heteroatoms. The summed E-state index contributed by atoms with van der Waals surface area (Å²) >= 11 is 0. The van der Waals surface area contributed by atoms with E-state index in [0.717, 1.165) is 12.0 Å². The van der Waals surface area contributed by atoms with Gasteiger partial charge < -0.3 is 5.32 Å². The summed E-state index contributed by atoms with van der Waals surface area (Å²) in [5, 5.41) is 3.56. The summed E-state index contributed by atoms with van der Waals surface area (Å²) < 4.78 is 0. The van der Waals surface area contributed by atoms with E-state index in [1.54, 1.807) is 0 Å². The van der Waals surface area contributed by atoms with Gasteiger partial charge in [0.2, 0.25) is 0 Å². The van der Waals surface area contributed by atoms with Gasteiger partial charge in [0.25, 0.3) is 0 Å². The third kappa shape index (κ3) is 3.76. The van der Waals surface area contributed by atoms with Crippen LogP contribution in [0.15, 0.2) is 0 Å². The standard InChI is InChI=1S/C10H21N/c1-8-7-9(8)11-6-5-10(2,3)4/h8-9,11H,5-7H2,1-4H3. The minimum Gasteiger partial charge on any atom is -0.314 e. The Kier molecular flexibility index (Phi) is 2.58. The predicted octanol–water partition coefficient (Wildman–Crippen LogP) is 2.42. The first-order chi connectivity index (χ1) is 4.99. The van der Waals surface area contributed by atoms with Gasteiger partial charge in [0.15, 0.2) is 0 Å².